The molecule has 2 heterocycles. The first-order valence-corrected chi connectivity index (χ1v) is 9.06. The molecule has 0 radical (unpaired) electrons. The van der Waals surface area contributed by atoms with Crippen LogP contribution in [-0.2, 0) is 15.3 Å². The maximum atomic E-state index is 11.7. The van der Waals surface area contributed by atoms with Crippen LogP contribution in [0.1, 0.15) is 39.4 Å². The minimum absolute atomic E-state index is 0.0730. The van der Waals surface area contributed by atoms with Crippen LogP contribution in [0, 0.1) is 0 Å². The SMILES string of the molecule is CNc1cc(NC2CCCS(=O)(=O)C2)nc(C(C)(C)C)n1. The van der Waals surface area contributed by atoms with Gasteiger partial charge >= 0.3 is 0 Å². The summed E-state index contributed by atoms with van der Waals surface area (Å²) >= 11 is 0. The molecule has 2 N–H and O–H groups in total. The van der Waals surface area contributed by atoms with Gasteiger partial charge in [-0.25, -0.2) is 18.4 Å². The van der Waals surface area contributed by atoms with E-state index in [1.54, 1.807) is 0 Å². The molecule has 0 bridgehead atoms. The van der Waals surface area contributed by atoms with E-state index in [-0.39, 0.29) is 17.2 Å². The average molecular weight is 312 g/mol. The van der Waals surface area contributed by atoms with Gasteiger partial charge in [-0.15, -0.1) is 0 Å². The van der Waals surface area contributed by atoms with Gasteiger partial charge in [0.1, 0.15) is 17.5 Å². The maximum Gasteiger partial charge on any atom is 0.152 e. The lowest BCUT2D eigenvalue weighted by Gasteiger charge is -2.25. The lowest BCUT2D eigenvalue weighted by Crippen LogP contribution is -2.35. The number of anilines is 2. The highest BCUT2D eigenvalue weighted by atomic mass is 32.2. The second kappa shape index (κ2) is 5.79. The topological polar surface area (TPSA) is 84.0 Å². The maximum absolute atomic E-state index is 11.7. The van der Waals surface area contributed by atoms with Crippen LogP contribution < -0.4 is 10.6 Å². The van der Waals surface area contributed by atoms with Gasteiger partial charge < -0.3 is 10.6 Å². The van der Waals surface area contributed by atoms with Gasteiger partial charge in [0.2, 0.25) is 0 Å². The van der Waals surface area contributed by atoms with Crippen LogP contribution in [0.15, 0.2) is 6.07 Å². The minimum atomic E-state index is -2.93. The zero-order valence-corrected chi connectivity index (χ0v) is 13.9. The van der Waals surface area contributed by atoms with Gasteiger partial charge in [0.05, 0.1) is 11.5 Å². The summed E-state index contributed by atoms with van der Waals surface area (Å²) in [6, 6.07) is 1.74. The van der Waals surface area contributed by atoms with Gasteiger partial charge in [-0.1, -0.05) is 20.8 Å². The fourth-order valence-electron chi connectivity index (χ4n) is 2.33. The number of nitrogens with one attached hydrogen (secondary N) is 2. The molecule has 0 amide bonds. The first-order valence-electron chi connectivity index (χ1n) is 7.24. The Labute approximate surface area is 126 Å². The van der Waals surface area contributed by atoms with Crippen LogP contribution in [-0.4, -0.2) is 43.0 Å². The number of hydrogen-bond donors (Lipinski definition) is 2. The zero-order chi connectivity index (χ0) is 15.7. The number of nitrogens with zero attached hydrogens (tertiary/aromatic N) is 2. The standard InChI is InChI=1S/C14H24N4O2S/c1-14(2,3)13-17-11(15-4)8-12(18-13)16-10-6-5-7-21(19,20)9-10/h8,10H,5-7,9H2,1-4H3,(H2,15,16,17,18). The Balaban J connectivity index is 2.23. The van der Waals surface area contributed by atoms with Crippen molar-refractivity contribution in [1.29, 1.82) is 0 Å². The Morgan fingerprint density at radius 3 is 2.48 bits per heavy atom. The molecule has 1 aromatic rings. The second-order valence-corrected chi connectivity index (χ2v) is 8.79. The van der Waals surface area contributed by atoms with Crippen molar-refractivity contribution in [2.75, 3.05) is 29.2 Å². The number of hydrogen-bond acceptors (Lipinski definition) is 6. The van der Waals surface area contributed by atoms with Gasteiger partial charge in [-0.3, -0.25) is 0 Å². The predicted octanol–water partition coefficient (Wildman–Crippen LogP) is 1.80. The zero-order valence-electron chi connectivity index (χ0n) is 13.1. The molecule has 1 aliphatic rings. The summed E-state index contributed by atoms with van der Waals surface area (Å²) in [5, 5.41) is 6.28. The molecule has 1 unspecified atom stereocenters. The summed E-state index contributed by atoms with van der Waals surface area (Å²) in [7, 11) is -1.12. The summed E-state index contributed by atoms with van der Waals surface area (Å²) in [6.07, 6.45) is 1.55. The van der Waals surface area contributed by atoms with Crippen molar-refractivity contribution in [3.8, 4) is 0 Å². The Hall–Kier alpha value is -1.37. The van der Waals surface area contributed by atoms with E-state index in [9.17, 15) is 8.42 Å². The van der Waals surface area contributed by atoms with Gasteiger partial charge in [-0.05, 0) is 12.8 Å². The molecule has 0 aliphatic carbocycles. The lowest BCUT2D eigenvalue weighted by molar-refractivity contribution is 0.543. The Kier molecular flexibility index (Phi) is 4.41. The first kappa shape index (κ1) is 16.0. The monoisotopic (exact) mass is 312 g/mol. The Morgan fingerprint density at radius 2 is 1.90 bits per heavy atom. The first-order chi connectivity index (χ1) is 9.69. The van der Waals surface area contributed by atoms with Crippen LogP contribution in [0.25, 0.3) is 0 Å². The van der Waals surface area contributed by atoms with E-state index < -0.39 is 9.84 Å². The van der Waals surface area contributed by atoms with Crippen molar-refractivity contribution in [1.82, 2.24) is 9.97 Å². The molecule has 118 valence electrons. The highest BCUT2D eigenvalue weighted by molar-refractivity contribution is 7.91. The molecule has 1 fully saturated rings. The third-order valence-corrected chi connectivity index (χ3v) is 5.29. The molecule has 1 saturated heterocycles. The number of rotatable bonds is 3. The van der Waals surface area contributed by atoms with Gasteiger partial charge in [-0.2, -0.15) is 0 Å². The van der Waals surface area contributed by atoms with Gasteiger partial charge in [0.15, 0.2) is 9.84 Å². The largest absolute Gasteiger partial charge is 0.373 e. The van der Waals surface area contributed by atoms with E-state index in [1.165, 1.54) is 0 Å². The molecule has 7 heteroatoms. The van der Waals surface area contributed by atoms with Crippen molar-refractivity contribution in [2.45, 2.75) is 45.1 Å². The summed E-state index contributed by atoms with van der Waals surface area (Å²) in [5.74, 6) is 2.62. The van der Waals surface area contributed by atoms with Crippen LogP contribution in [0.2, 0.25) is 0 Å². The normalized spacial score (nSPS) is 21.8. The molecular formula is C14H24N4O2S. The van der Waals surface area contributed by atoms with E-state index in [4.69, 9.17) is 0 Å². The molecule has 1 atom stereocenters. The van der Waals surface area contributed by atoms with Gasteiger partial charge in [0.25, 0.3) is 0 Å². The van der Waals surface area contributed by atoms with E-state index in [0.29, 0.717) is 18.0 Å². The molecule has 0 saturated carbocycles. The highest BCUT2D eigenvalue weighted by Crippen LogP contribution is 2.23. The summed E-state index contributed by atoms with van der Waals surface area (Å²) in [4.78, 5) is 9.00. The molecule has 1 aliphatic heterocycles. The molecule has 21 heavy (non-hydrogen) atoms. The predicted molar refractivity (Wildman–Crippen MR) is 85.6 cm³/mol. The summed E-state index contributed by atoms with van der Waals surface area (Å²) in [6.45, 7) is 6.16. The lowest BCUT2D eigenvalue weighted by atomic mass is 9.96. The van der Waals surface area contributed by atoms with Crippen molar-refractivity contribution >= 4 is 21.5 Å². The second-order valence-electron chi connectivity index (χ2n) is 6.56. The van der Waals surface area contributed by atoms with Crippen molar-refractivity contribution in [3.63, 3.8) is 0 Å². The molecular weight excluding hydrogens is 288 g/mol. The van der Waals surface area contributed by atoms with Crippen LogP contribution in [0.4, 0.5) is 11.6 Å². The van der Waals surface area contributed by atoms with Gasteiger partial charge in [0, 0.05) is 24.6 Å². The molecule has 0 spiro atoms. The van der Waals surface area contributed by atoms with Crippen molar-refractivity contribution in [2.24, 2.45) is 0 Å². The smallest absolute Gasteiger partial charge is 0.152 e. The number of sulfone groups is 1. The molecule has 0 aromatic carbocycles. The molecule has 1 aromatic heterocycles. The Morgan fingerprint density at radius 1 is 1.24 bits per heavy atom. The van der Waals surface area contributed by atoms with Crippen LogP contribution >= 0.6 is 0 Å². The quantitative estimate of drug-likeness (QED) is 0.885. The van der Waals surface area contributed by atoms with Crippen LogP contribution in [0.5, 0.6) is 0 Å². The summed E-state index contributed by atoms with van der Waals surface area (Å²) < 4.78 is 23.4. The fourth-order valence-corrected chi connectivity index (χ4v) is 3.97. The number of aromatic nitrogens is 2. The average Bonchev–Trinajstić information content (AvgIpc) is 2.36. The third-order valence-electron chi connectivity index (χ3n) is 3.47. The Bertz CT molecular complexity index is 608. The summed E-state index contributed by atoms with van der Waals surface area (Å²) in [5.41, 5.74) is -0.165. The van der Waals surface area contributed by atoms with Crippen LogP contribution in [0.3, 0.4) is 0 Å². The van der Waals surface area contributed by atoms with E-state index >= 15 is 0 Å². The molecule has 6 nitrogen and oxygen atoms in total. The van der Waals surface area contributed by atoms with E-state index in [0.717, 1.165) is 18.1 Å². The third kappa shape index (κ3) is 4.30. The van der Waals surface area contributed by atoms with E-state index in [2.05, 4.69) is 41.4 Å². The highest BCUT2D eigenvalue weighted by Gasteiger charge is 2.26. The van der Waals surface area contributed by atoms with Crippen molar-refractivity contribution < 1.29 is 8.42 Å². The molecule has 2 rings (SSSR count). The fraction of sp³-hybridized carbons (Fsp3) is 0.714. The van der Waals surface area contributed by atoms with Crippen molar-refractivity contribution in [3.05, 3.63) is 11.9 Å². The minimum Gasteiger partial charge on any atom is -0.373 e. The van der Waals surface area contributed by atoms with E-state index in [1.807, 2.05) is 13.1 Å².